The molecule has 0 bridgehead atoms. The van der Waals surface area contributed by atoms with Crippen molar-refractivity contribution < 1.29 is 9.53 Å². The van der Waals surface area contributed by atoms with Crippen LogP contribution in [0, 0.1) is 6.92 Å². The summed E-state index contributed by atoms with van der Waals surface area (Å²) in [6.45, 7) is 4.73. The van der Waals surface area contributed by atoms with Crippen LogP contribution in [0.25, 0.3) is 0 Å². The van der Waals surface area contributed by atoms with Crippen molar-refractivity contribution in [1.29, 1.82) is 0 Å². The number of anilines is 2. The van der Waals surface area contributed by atoms with Gasteiger partial charge in [-0.2, -0.15) is 4.98 Å². The maximum absolute atomic E-state index is 11.3. The summed E-state index contributed by atoms with van der Waals surface area (Å²) in [5, 5.41) is 3.13. The third kappa shape index (κ3) is 3.89. The van der Waals surface area contributed by atoms with Gasteiger partial charge in [0, 0.05) is 51.3 Å². The molecule has 0 atom stereocenters. The van der Waals surface area contributed by atoms with Crippen molar-refractivity contribution in [3.63, 3.8) is 0 Å². The van der Waals surface area contributed by atoms with Gasteiger partial charge in [0.25, 0.3) is 0 Å². The zero-order chi connectivity index (χ0) is 13.7. The molecule has 19 heavy (non-hydrogen) atoms. The number of hydrogen-bond acceptors (Lipinski definition) is 6. The number of nitrogens with zero attached hydrogens (tertiary/aromatic N) is 3. The first-order chi connectivity index (χ1) is 9.19. The van der Waals surface area contributed by atoms with E-state index in [0.717, 1.165) is 24.6 Å². The van der Waals surface area contributed by atoms with Gasteiger partial charge in [-0.3, -0.25) is 4.79 Å². The molecule has 0 unspecified atom stereocenters. The standard InChI is InChI=1S/C13H20N4O2/c1-10-9-12(17-6-3-11(18)4-7-17)16-13(15-10)14-5-8-19-2/h9H,3-8H2,1-2H3,(H,14,15,16). The highest BCUT2D eigenvalue weighted by atomic mass is 16.5. The normalized spacial score (nSPS) is 15.7. The second-order valence-corrected chi connectivity index (χ2v) is 4.64. The number of hydrogen-bond donors (Lipinski definition) is 1. The Morgan fingerprint density at radius 2 is 2.11 bits per heavy atom. The molecule has 1 aliphatic rings. The molecule has 1 saturated heterocycles. The molecule has 1 aromatic heterocycles. The van der Waals surface area contributed by atoms with E-state index in [2.05, 4.69) is 20.2 Å². The van der Waals surface area contributed by atoms with E-state index >= 15 is 0 Å². The monoisotopic (exact) mass is 264 g/mol. The van der Waals surface area contributed by atoms with Crippen LogP contribution in [0.5, 0.6) is 0 Å². The minimum atomic E-state index is 0.334. The van der Waals surface area contributed by atoms with Gasteiger partial charge >= 0.3 is 0 Å². The molecule has 2 heterocycles. The van der Waals surface area contributed by atoms with Gasteiger partial charge in [-0.25, -0.2) is 4.98 Å². The molecule has 6 heteroatoms. The summed E-state index contributed by atoms with van der Waals surface area (Å²) in [5.74, 6) is 1.84. The van der Waals surface area contributed by atoms with Crippen LogP contribution in [0.2, 0.25) is 0 Å². The van der Waals surface area contributed by atoms with Gasteiger partial charge in [0.15, 0.2) is 0 Å². The lowest BCUT2D eigenvalue weighted by Gasteiger charge is -2.27. The van der Waals surface area contributed by atoms with E-state index in [1.807, 2.05) is 13.0 Å². The quantitative estimate of drug-likeness (QED) is 0.801. The van der Waals surface area contributed by atoms with Crippen molar-refractivity contribution in [2.45, 2.75) is 19.8 Å². The lowest BCUT2D eigenvalue weighted by molar-refractivity contribution is -0.119. The molecule has 2 rings (SSSR count). The smallest absolute Gasteiger partial charge is 0.224 e. The lowest BCUT2D eigenvalue weighted by Crippen LogP contribution is -2.34. The summed E-state index contributed by atoms with van der Waals surface area (Å²) in [6.07, 6.45) is 1.21. The lowest BCUT2D eigenvalue weighted by atomic mass is 10.1. The van der Waals surface area contributed by atoms with E-state index in [1.165, 1.54) is 0 Å². The van der Waals surface area contributed by atoms with Gasteiger partial charge in [0.05, 0.1) is 6.61 Å². The zero-order valence-electron chi connectivity index (χ0n) is 11.5. The van der Waals surface area contributed by atoms with Crippen LogP contribution in [0.4, 0.5) is 11.8 Å². The second kappa shape index (κ2) is 6.47. The molecule has 0 saturated carbocycles. The van der Waals surface area contributed by atoms with E-state index in [9.17, 15) is 4.79 Å². The minimum absolute atomic E-state index is 0.334. The van der Waals surface area contributed by atoms with Gasteiger partial charge in [0.1, 0.15) is 11.6 Å². The Bertz CT molecular complexity index is 440. The number of carbonyl (C=O) groups is 1. The average molecular weight is 264 g/mol. The number of carbonyl (C=O) groups excluding carboxylic acids is 1. The maximum Gasteiger partial charge on any atom is 0.224 e. The molecule has 0 amide bonds. The van der Waals surface area contributed by atoms with Crippen LogP contribution in [0.15, 0.2) is 6.07 Å². The Kier molecular flexibility index (Phi) is 4.68. The first-order valence-corrected chi connectivity index (χ1v) is 6.54. The van der Waals surface area contributed by atoms with E-state index in [4.69, 9.17) is 4.74 Å². The van der Waals surface area contributed by atoms with Crippen LogP contribution in [0.3, 0.4) is 0 Å². The number of rotatable bonds is 5. The Hall–Kier alpha value is -1.69. The number of ether oxygens (including phenoxy) is 1. The summed E-state index contributed by atoms with van der Waals surface area (Å²) in [6, 6.07) is 1.96. The first-order valence-electron chi connectivity index (χ1n) is 6.54. The molecule has 0 aliphatic carbocycles. The fraction of sp³-hybridized carbons (Fsp3) is 0.615. The van der Waals surface area contributed by atoms with Crippen molar-refractivity contribution in [1.82, 2.24) is 9.97 Å². The van der Waals surface area contributed by atoms with E-state index < -0.39 is 0 Å². The molecule has 0 aromatic carbocycles. The fourth-order valence-corrected chi connectivity index (χ4v) is 2.04. The van der Waals surface area contributed by atoms with Crippen molar-refractivity contribution in [2.24, 2.45) is 0 Å². The molecule has 104 valence electrons. The molecule has 6 nitrogen and oxygen atoms in total. The summed E-state index contributed by atoms with van der Waals surface area (Å²) in [7, 11) is 1.66. The summed E-state index contributed by atoms with van der Waals surface area (Å²) >= 11 is 0. The number of aryl methyl sites for hydroxylation is 1. The van der Waals surface area contributed by atoms with Crippen molar-refractivity contribution in [3.05, 3.63) is 11.8 Å². The summed E-state index contributed by atoms with van der Waals surface area (Å²) in [5.41, 5.74) is 0.918. The summed E-state index contributed by atoms with van der Waals surface area (Å²) in [4.78, 5) is 22.2. The fourth-order valence-electron chi connectivity index (χ4n) is 2.04. The van der Waals surface area contributed by atoms with Gasteiger partial charge < -0.3 is 15.0 Å². The number of nitrogens with one attached hydrogen (secondary N) is 1. The Labute approximate surface area is 113 Å². The van der Waals surface area contributed by atoms with Crippen LogP contribution in [-0.4, -0.2) is 49.1 Å². The maximum atomic E-state index is 11.3. The van der Waals surface area contributed by atoms with Crippen LogP contribution in [0.1, 0.15) is 18.5 Å². The van der Waals surface area contributed by atoms with E-state index in [0.29, 0.717) is 37.7 Å². The Morgan fingerprint density at radius 3 is 2.79 bits per heavy atom. The van der Waals surface area contributed by atoms with Gasteiger partial charge in [-0.1, -0.05) is 0 Å². The predicted octanol–water partition coefficient (Wildman–Crippen LogP) is 1.01. The highest BCUT2D eigenvalue weighted by Gasteiger charge is 2.18. The number of piperidine rings is 1. The van der Waals surface area contributed by atoms with E-state index in [1.54, 1.807) is 7.11 Å². The first kappa shape index (κ1) is 13.7. The van der Waals surface area contributed by atoms with Crippen LogP contribution in [-0.2, 0) is 9.53 Å². The number of Topliss-reactive ketones (excluding diaryl/α,β-unsaturated/α-hetero) is 1. The molecule has 1 fully saturated rings. The molecular weight excluding hydrogens is 244 g/mol. The van der Waals surface area contributed by atoms with Crippen LogP contribution >= 0.6 is 0 Å². The zero-order valence-corrected chi connectivity index (χ0v) is 11.5. The SMILES string of the molecule is COCCNc1nc(C)cc(N2CCC(=O)CC2)n1. The molecule has 1 aliphatic heterocycles. The second-order valence-electron chi connectivity index (χ2n) is 4.64. The Balaban J connectivity index is 2.05. The largest absolute Gasteiger partial charge is 0.383 e. The molecular formula is C13H20N4O2. The Morgan fingerprint density at radius 1 is 1.37 bits per heavy atom. The molecule has 1 aromatic rings. The third-order valence-electron chi connectivity index (χ3n) is 3.08. The van der Waals surface area contributed by atoms with Gasteiger partial charge in [-0.05, 0) is 6.92 Å². The predicted molar refractivity (Wildman–Crippen MR) is 73.6 cm³/mol. The van der Waals surface area contributed by atoms with Crippen molar-refractivity contribution in [2.75, 3.05) is 43.6 Å². The molecule has 1 N–H and O–H groups in total. The highest BCUT2D eigenvalue weighted by molar-refractivity contribution is 5.80. The van der Waals surface area contributed by atoms with Gasteiger partial charge in [-0.15, -0.1) is 0 Å². The molecule has 0 radical (unpaired) electrons. The average Bonchev–Trinajstić information content (AvgIpc) is 2.39. The van der Waals surface area contributed by atoms with E-state index in [-0.39, 0.29) is 0 Å². The topological polar surface area (TPSA) is 67.3 Å². The number of aromatic nitrogens is 2. The number of ketones is 1. The number of methoxy groups -OCH3 is 1. The highest BCUT2D eigenvalue weighted by Crippen LogP contribution is 2.18. The summed E-state index contributed by atoms with van der Waals surface area (Å²) < 4.78 is 4.99. The van der Waals surface area contributed by atoms with Crippen LogP contribution < -0.4 is 10.2 Å². The van der Waals surface area contributed by atoms with Gasteiger partial charge in [0.2, 0.25) is 5.95 Å². The minimum Gasteiger partial charge on any atom is -0.383 e. The molecule has 0 spiro atoms. The van der Waals surface area contributed by atoms with Crippen molar-refractivity contribution >= 4 is 17.5 Å². The van der Waals surface area contributed by atoms with Crippen molar-refractivity contribution in [3.8, 4) is 0 Å². The third-order valence-corrected chi connectivity index (χ3v) is 3.08.